The minimum absolute atomic E-state index is 0.155. The molecule has 0 saturated heterocycles. The Morgan fingerprint density at radius 3 is 2.62 bits per heavy atom. The number of carbonyl (C=O) groups excluding carboxylic acids is 2. The zero-order valence-electron chi connectivity index (χ0n) is 13.0. The van der Waals surface area contributed by atoms with Crippen molar-refractivity contribution in [3.05, 3.63) is 59.5 Å². The number of anilines is 1. The fourth-order valence-electron chi connectivity index (χ4n) is 2.31. The van der Waals surface area contributed by atoms with Crippen molar-refractivity contribution in [1.29, 1.82) is 0 Å². The van der Waals surface area contributed by atoms with Crippen LogP contribution in [0.3, 0.4) is 0 Å². The van der Waals surface area contributed by atoms with E-state index in [1.807, 2.05) is 31.2 Å². The summed E-state index contributed by atoms with van der Waals surface area (Å²) in [6.07, 6.45) is 0. The van der Waals surface area contributed by atoms with E-state index in [0.717, 1.165) is 10.3 Å². The van der Waals surface area contributed by atoms with E-state index < -0.39 is 5.91 Å². The first-order valence-corrected chi connectivity index (χ1v) is 9.14. The van der Waals surface area contributed by atoms with Gasteiger partial charge in [-0.3, -0.25) is 9.59 Å². The molecule has 0 fully saturated rings. The maximum atomic E-state index is 12.4. The maximum absolute atomic E-state index is 12.4. The highest BCUT2D eigenvalue weighted by Crippen LogP contribution is 2.29. The average Bonchev–Trinajstić information content (AvgIpc) is 3.03. The number of nitrogens with two attached hydrogens (primary N) is 1. The Morgan fingerprint density at radius 2 is 1.88 bits per heavy atom. The molecule has 2 aromatic carbocycles. The summed E-state index contributed by atoms with van der Waals surface area (Å²) in [6, 6.07) is 15.9. The second kappa shape index (κ2) is 7.07. The molecule has 1 aromatic heterocycles. The predicted molar refractivity (Wildman–Crippen MR) is 101 cm³/mol. The Bertz CT molecular complexity index is 905. The predicted octanol–water partition coefficient (Wildman–Crippen LogP) is 4.12. The van der Waals surface area contributed by atoms with Gasteiger partial charge in [-0.2, -0.15) is 0 Å². The van der Waals surface area contributed by atoms with Crippen molar-refractivity contribution in [2.75, 3.05) is 5.32 Å². The topological polar surface area (TPSA) is 72.2 Å². The molecule has 0 bridgehead atoms. The van der Waals surface area contributed by atoms with Gasteiger partial charge in [0.15, 0.2) is 0 Å². The van der Waals surface area contributed by atoms with Crippen molar-refractivity contribution in [1.82, 2.24) is 0 Å². The summed E-state index contributed by atoms with van der Waals surface area (Å²) in [5.41, 5.74) is 5.64. The van der Waals surface area contributed by atoms with Gasteiger partial charge in [-0.05, 0) is 41.3 Å². The number of carbonyl (C=O) groups is 2. The van der Waals surface area contributed by atoms with Crippen LogP contribution in [0.1, 0.15) is 17.3 Å². The molecule has 1 heterocycles. The minimum atomic E-state index is -0.540. The lowest BCUT2D eigenvalue weighted by atomic mass is 10.1. The SMILES string of the molecule is C[C@H](Sc1ccc2ccccc2c1)C(=O)Nc1sccc1C(N)=O. The first-order valence-electron chi connectivity index (χ1n) is 7.38. The van der Waals surface area contributed by atoms with Crippen molar-refractivity contribution >= 4 is 50.7 Å². The van der Waals surface area contributed by atoms with Crippen LogP contribution in [0, 0.1) is 0 Å². The number of benzene rings is 2. The number of hydrogen-bond acceptors (Lipinski definition) is 4. The number of thiophene rings is 1. The normalized spacial score (nSPS) is 12.0. The van der Waals surface area contributed by atoms with Crippen LogP contribution in [-0.4, -0.2) is 17.1 Å². The zero-order valence-corrected chi connectivity index (χ0v) is 14.6. The van der Waals surface area contributed by atoms with E-state index in [1.165, 1.54) is 28.5 Å². The van der Waals surface area contributed by atoms with E-state index in [1.54, 1.807) is 11.4 Å². The number of thioether (sulfide) groups is 1. The van der Waals surface area contributed by atoms with Gasteiger partial charge in [-0.15, -0.1) is 23.1 Å². The summed E-state index contributed by atoms with van der Waals surface area (Å²) in [4.78, 5) is 24.7. The van der Waals surface area contributed by atoms with Crippen molar-refractivity contribution in [3.63, 3.8) is 0 Å². The fourth-order valence-corrected chi connectivity index (χ4v) is 4.02. The minimum Gasteiger partial charge on any atom is -0.366 e. The molecule has 0 unspecified atom stereocenters. The lowest BCUT2D eigenvalue weighted by molar-refractivity contribution is -0.115. The van der Waals surface area contributed by atoms with Crippen molar-refractivity contribution in [3.8, 4) is 0 Å². The third-order valence-electron chi connectivity index (χ3n) is 3.57. The molecule has 122 valence electrons. The van der Waals surface area contributed by atoms with Gasteiger partial charge < -0.3 is 11.1 Å². The van der Waals surface area contributed by atoms with Crippen LogP contribution < -0.4 is 11.1 Å². The molecular weight excluding hydrogens is 340 g/mol. The van der Waals surface area contributed by atoms with Crippen LogP contribution in [-0.2, 0) is 4.79 Å². The summed E-state index contributed by atoms with van der Waals surface area (Å²) in [5, 5.41) is 7.03. The summed E-state index contributed by atoms with van der Waals surface area (Å²) in [6.45, 7) is 1.84. The van der Waals surface area contributed by atoms with Crippen LogP contribution in [0.25, 0.3) is 10.8 Å². The highest BCUT2D eigenvalue weighted by atomic mass is 32.2. The number of amides is 2. The molecule has 0 aliphatic heterocycles. The molecule has 3 rings (SSSR count). The first kappa shape index (κ1) is 16.5. The quantitative estimate of drug-likeness (QED) is 0.676. The van der Waals surface area contributed by atoms with E-state index >= 15 is 0 Å². The Labute approximate surface area is 148 Å². The lowest BCUT2D eigenvalue weighted by Gasteiger charge is -2.12. The van der Waals surface area contributed by atoms with Crippen molar-refractivity contribution < 1.29 is 9.59 Å². The number of primary amides is 1. The third-order valence-corrected chi connectivity index (χ3v) is 5.49. The third kappa shape index (κ3) is 3.60. The van der Waals surface area contributed by atoms with E-state index in [2.05, 4.69) is 23.5 Å². The summed E-state index contributed by atoms with van der Waals surface area (Å²) >= 11 is 2.77. The highest BCUT2D eigenvalue weighted by molar-refractivity contribution is 8.00. The van der Waals surface area contributed by atoms with Gasteiger partial charge in [-0.1, -0.05) is 30.3 Å². The molecule has 0 spiro atoms. The molecule has 3 aromatic rings. The largest absolute Gasteiger partial charge is 0.366 e. The van der Waals surface area contributed by atoms with Crippen molar-refractivity contribution in [2.24, 2.45) is 5.73 Å². The second-order valence-corrected chi connectivity index (χ2v) is 7.62. The number of hydrogen-bond donors (Lipinski definition) is 2. The Hall–Kier alpha value is -2.31. The summed E-state index contributed by atoms with van der Waals surface area (Å²) < 4.78 is 0. The lowest BCUT2D eigenvalue weighted by Crippen LogP contribution is -2.23. The molecule has 0 saturated carbocycles. The molecular formula is C18H16N2O2S2. The van der Waals surface area contributed by atoms with E-state index in [9.17, 15) is 9.59 Å². The molecule has 24 heavy (non-hydrogen) atoms. The van der Waals surface area contributed by atoms with E-state index in [0.29, 0.717) is 10.6 Å². The van der Waals surface area contributed by atoms with Gasteiger partial charge in [0.1, 0.15) is 5.00 Å². The van der Waals surface area contributed by atoms with Gasteiger partial charge in [0, 0.05) is 4.90 Å². The molecule has 0 radical (unpaired) electrons. The van der Waals surface area contributed by atoms with Crippen LogP contribution >= 0.6 is 23.1 Å². The number of nitrogens with one attached hydrogen (secondary N) is 1. The number of rotatable bonds is 5. The van der Waals surface area contributed by atoms with Crippen LogP contribution in [0.15, 0.2) is 58.8 Å². The molecule has 4 nitrogen and oxygen atoms in total. The molecule has 2 amide bonds. The molecule has 3 N–H and O–H groups in total. The average molecular weight is 356 g/mol. The van der Waals surface area contributed by atoms with Gasteiger partial charge in [0.2, 0.25) is 5.91 Å². The summed E-state index contributed by atoms with van der Waals surface area (Å²) in [5.74, 6) is -0.695. The summed E-state index contributed by atoms with van der Waals surface area (Å²) in [7, 11) is 0. The highest BCUT2D eigenvalue weighted by Gasteiger charge is 2.18. The number of fused-ring (bicyclic) bond motifs is 1. The van der Waals surface area contributed by atoms with Crippen LogP contribution in [0.5, 0.6) is 0 Å². The van der Waals surface area contributed by atoms with Gasteiger partial charge in [-0.25, -0.2) is 0 Å². The second-order valence-electron chi connectivity index (χ2n) is 5.29. The van der Waals surface area contributed by atoms with Crippen molar-refractivity contribution in [2.45, 2.75) is 17.1 Å². The smallest absolute Gasteiger partial charge is 0.251 e. The van der Waals surface area contributed by atoms with E-state index in [4.69, 9.17) is 5.73 Å². The Morgan fingerprint density at radius 1 is 1.12 bits per heavy atom. The Balaban J connectivity index is 1.71. The van der Waals surface area contributed by atoms with Gasteiger partial charge in [0.05, 0.1) is 10.8 Å². The van der Waals surface area contributed by atoms with E-state index in [-0.39, 0.29) is 11.2 Å². The zero-order chi connectivity index (χ0) is 17.1. The maximum Gasteiger partial charge on any atom is 0.251 e. The first-order chi connectivity index (χ1) is 11.5. The monoisotopic (exact) mass is 356 g/mol. The molecule has 0 aliphatic carbocycles. The van der Waals surface area contributed by atoms with Crippen LogP contribution in [0.4, 0.5) is 5.00 Å². The fraction of sp³-hybridized carbons (Fsp3) is 0.111. The molecule has 1 atom stereocenters. The molecule has 6 heteroatoms. The van der Waals surface area contributed by atoms with Gasteiger partial charge >= 0.3 is 0 Å². The standard InChI is InChI=1S/C18H16N2O2S2/c1-11(17(22)20-18-15(16(19)21)8-9-23-18)24-14-7-6-12-4-2-3-5-13(12)10-14/h2-11H,1H3,(H2,19,21)(H,20,22)/t11-/m0/s1. The van der Waals surface area contributed by atoms with Crippen LogP contribution in [0.2, 0.25) is 0 Å². The van der Waals surface area contributed by atoms with Gasteiger partial charge in [0.25, 0.3) is 5.91 Å². The Kier molecular flexibility index (Phi) is 4.87. The molecule has 0 aliphatic rings.